The van der Waals surface area contributed by atoms with Gasteiger partial charge >= 0.3 is 0 Å². The lowest BCUT2D eigenvalue weighted by Crippen LogP contribution is -2.29. The van der Waals surface area contributed by atoms with E-state index in [1.807, 2.05) is 6.08 Å². The number of benzene rings is 1. The molecule has 0 saturated heterocycles. The Balaban J connectivity index is 0.00000576. The second-order valence-electron chi connectivity index (χ2n) is 7.92. The van der Waals surface area contributed by atoms with Crippen molar-refractivity contribution < 1.29 is 0 Å². The van der Waals surface area contributed by atoms with Crippen LogP contribution >= 0.6 is 12.4 Å². The molecular formula is C23H40ClN. The van der Waals surface area contributed by atoms with E-state index in [0.29, 0.717) is 0 Å². The first-order valence-corrected chi connectivity index (χ1v) is 9.99. The first kappa shape index (κ1) is 24.2. The van der Waals surface area contributed by atoms with Crippen LogP contribution < -0.4 is 5.73 Å². The van der Waals surface area contributed by atoms with Crippen molar-refractivity contribution >= 4 is 18.5 Å². The Morgan fingerprint density at radius 1 is 0.920 bits per heavy atom. The van der Waals surface area contributed by atoms with E-state index in [1.54, 1.807) is 0 Å². The fourth-order valence-corrected chi connectivity index (χ4v) is 3.34. The molecule has 1 nitrogen and oxygen atoms in total. The van der Waals surface area contributed by atoms with E-state index in [9.17, 15) is 0 Å². The zero-order chi connectivity index (χ0) is 17.8. The van der Waals surface area contributed by atoms with Crippen molar-refractivity contribution in [1.29, 1.82) is 0 Å². The van der Waals surface area contributed by atoms with E-state index in [4.69, 9.17) is 5.73 Å². The van der Waals surface area contributed by atoms with E-state index in [1.165, 1.54) is 69.8 Å². The zero-order valence-electron chi connectivity index (χ0n) is 16.7. The van der Waals surface area contributed by atoms with Crippen LogP contribution in [0.2, 0.25) is 0 Å². The van der Waals surface area contributed by atoms with E-state index in [0.717, 1.165) is 5.56 Å². The van der Waals surface area contributed by atoms with Gasteiger partial charge in [0.15, 0.2) is 0 Å². The molecule has 0 spiro atoms. The SMILES string of the molecule is C=Cc1ccc(C(N)C(C)(C)CCCCCCCCCCC)cc1.Cl. The maximum atomic E-state index is 6.55. The molecule has 0 aromatic heterocycles. The second-order valence-corrected chi connectivity index (χ2v) is 7.92. The van der Waals surface area contributed by atoms with Gasteiger partial charge in [-0.05, 0) is 23.0 Å². The molecule has 1 rings (SSSR count). The monoisotopic (exact) mass is 365 g/mol. The van der Waals surface area contributed by atoms with Crippen molar-refractivity contribution in [2.75, 3.05) is 0 Å². The van der Waals surface area contributed by atoms with Gasteiger partial charge in [-0.25, -0.2) is 0 Å². The van der Waals surface area contributed by atoms with Gasteiger partial charge in [0.05, 0.1) is 0 Å². The Hall–Kier alpha value is -0.790. The van der Waals surface area contributed by atoms with Crippen LogP contribution in [0.25, 0.3) is 6.08 Å². The lowest BCUT2D eigenvalue weighted by molar-refractivity contribution is 0.255. The van der Waals surface area contributed by atoms with Gasteiger partial charge in [0.2, 0.25) is 0 Å². The van der Waals surface area contributed by atoms with Crippen LogP contribution in [0.3, 0.4) is 0 Å². The Labute approximate surface area is 162 Å². The van der Waals surface area contributed by atoms with Gasteiger partial charge < -0.3 is 5.73 Å². The van der Waals surface area contributed by atoms with Gasteiger partial charge in [-0.2, -0.15) is 0 Å². The minimum absolute atomic E-state index is 0. The average molecular weight is 366 g/mol. The number of hydrogen-bond donors (Lipinski definition) is 1. The molecule has 0 aliphatic rings. The van der Waals surface area contributed by atoms with E-state index in [2.05, 4.69) is 51.6 Å². The molecule has 0 aliphatic carbocycles. The first-order chi connectivity index (χ1) is 11.5. The van der Waals surface area contributed by atoms with Gasteiger partial charge in [-0.3, -0.25) is 0 Å². The van der Waals surface area contributed by atoms with Crippen molar-refractivity contribution in [3.05, 3.63) is 42.0 Å². The number of halogens is 1. The normalized spacial score (nSPS) is 12.5. The van der Waals surface area contributed by atoms with Crippen LogP contribution in [0.15, 0.2) is 30.8 Å². The standard InChI is InChI=1S/C23H39N.ClH/c1-5-7-8-9-10-11-12-13-14-19-23(3,4)22(24)21-17-15-20(6-2)16-18-21;/h6,15-18,22H,2,5,7-14,19,24H2,1,3-4H3;1H. The van der Waals surface area contributed by atoms with Gasteiger partial charge in [-0.1, -0.05) is 115 Å². The summed E-state index contributed by atoms with van der Waals surface area (Å²) in [6.07, 6.45) is 15.5. The molecule has 2 heteroatoms. The summed E-state index contributed by atoms with van der Waals surface area (Å²) in [6.45, 7) is 10.7. The summed E-state index contributed by atoms with van der Waals surface area (Å²) in [5, 5.41) is 0. The predicted molar refractivity (Wildman–Crippen MR) is 116 cm³/mol. The molecule has 25 heavy (non-hydrogen) atoms. The highest BCUT2D eigenvalue weighted by Crippen LogP contribution is 2.36. The summed E-state index contributed by atoms with van der Waals surface area (Å²) in [6, 6.07) is 8.62. The summed E-state index contributed by atoms with van der Waals surface area (Å²) in [5.74, 6) is 0. The highest BCUT2D eigenvalue weighted by Gasteiger charge is 2.27. The van der Waals surface area contributed by atoms with E-state index < -0.39 is 0 Å². The third-order valence-corrected chi connectivity index (χ3v) is 5.30. The lowest BCUT2D eigenvalue weighted by atomic mass is 9.77. The molecule has 1 aromatic carbocycles. The Bertz CT molecular complexity index is 450. The van der Waals surface area contributed by atoms with Crippen LogP contribution in [0.4, 0.5) is 0 Å². The molecule has 0 saturated carbocycles. The number of nitrogens with two attached hydrogens (primary N) is 1. The molecule has 0 radical (unpaired) electrons. The fourth-order valence-electron chi connectivity index (χ4n) is 3.34. The highest BCUT2D eigenvalue weighted by atomic mass is 35.5. The van der Waals surface area contributed by atoms with Crippen molar-refractivity contribution in [2.24, 2.45) is 11.1 Å². The van der Waals surface area contributed by atoms with Crippen LogP contribution in [-0.4, -0.2) is 0 Å². The second kappa shape index (κ2) is 13.4. The highest BCUT2D eigenvalue weighted by molar-refractivity contribution is 5.85. The summed E-state index contributed by atoms with van der Waals surface area (Å²) < 4.78 is 0. The first-order valence-electron chi connectivity index (χ1n) is 9.99. The predicted octanol–water partition coefficient (Wildman–Crippen LogP) is 7.70. The molecule has 0 heterocycles. The molecule has 1 atom stereocenters. The third-order valence-electron chi connectivity index (χ3n) is 5.30. The summed E-state index contributed by atoms with van der Waals surface area (Å²) in [5.41, 5.74) is 9.09. The fraction of sp³-hybridized carbons (Fsp3) is 0.652. The molecular weight excluding hydrogens is 326 g/mol. The third kappa shape index (κ3) is 9.47. The quantitative estimate of drug-likeness (QED) is 0.356. The molecule has 0 aliphatic heterocycles. The number of unbranched alkanes of at least 4 members (excludes halogenated alkanes) is 8. The molecule has 0 fully saturated rings. The van der Waals surface area contributed by atoms with E-state index in [-0.39, 0.29) is 23.9 Å². The van der Waals surface area contributed by atoms with Crippen LogP contribution in [-0.2, 0) is 0 Å². The van der Waals surface area contributed by atoms with Crippen molar-refractivity contribution in [3.8, 4) is 0 Å². The van der Waals surface area contributed by atoms with Gasteiger partial charge in [0, 0.05) is 6.04 Å². The van der Waals surface area contributed by atoms with Crippen LogP contribution in [0.1, 0.15) is 102 Å². The summed E-state index contributed by atoms with van der Waals surface area (Å²) in [4.78, 5) is 0. The smallest absolute Gasteiger partial charge is 0.0346 e. The minimum Gasteiger partial charge on any atom is -0.324 e. The molecule has 0 bridgehead atoms. The largest absolute Gasteiger partial charge is 0.324 e. The maximum absolute atomic E-state index is 6.55. The number of rotatable bonds is 13. The average Bonchev–Trinajstić information content (AvgIpc) is 2.59. The molecule has 1 unspecified atom stereocenters. The van der Waals surface area contributed by atoms with Crippen molar-refractivity contribution in [1.82, 2.24) is 0 Å². The molecule has 0 amide bonds. The van der Waals surface area contributed by atoms with E-state index >= 15 is 0 Å². The molecule has 144 valence electrons. The van der Waals surface area contributed by atoms with Gasteiger partial charge in [-0.15, -0.1) is 12.4 Å². The minimum atomic E-state index is 0. The number of hydrogen-bond acceptors (Lipinski definition) is 1. The topological polar surface area (TPSA) is 26.0 Å². The van der Waals surface area contributed by atoms with Gasteiger partial charge in [0.25, 0.3) is 0 Å². The summed E-state index contributed by atoms with van der Waals surface area (Å²) in [7, 11) is 0. The van der Waals surface area contributed by atoms with Crippen molar-refractivity contribution in [2.45, 2.75) is 91.0 Å². The van der Waals surface area contributed by atoms with Gasteiger partial charge in [0.1, 0.15) is 0 Å². The van der Waals surface area contributed by atoms with Crippen LogP contribution in [0.5, 0.6) is 0 Å². The zero-order valence-corrected chi connectivity index (χ0v) is 17.5. The Kier molecular flexibility index (Phi) is 13.0. The molecule has 2 N–H and O–H groups in total. The maximum Gasteiger partial charge on any atom is 0.0346 e. The molecule has 1 aromatic rings. The Morgan fingerprint density at radius 2 is 1.40 bits per heavy atom. The van der Waals surface area contributed by atoms with Crippen LogP contribution in [0, 0.1) is 5.41 Å². The van der Waals surface area contributed by atoms with Crippen molar-refractivity contribution in [3.63, 3.8) is 0 Å². The summed E-state index contributed by atoms with van der Waals surface area (Å²) >= 11 is 0. The Morgan fingerprint density at radius 3 is 1.88 bits per heavy atom. The lowest BCUT2D eigenvalue weighted by Gasteiger charge is -2.32.